The molecule has 6 heteroatoms. The van der Waals surface area contributed by atoms with Gasteiger partial charge in [0.2, 0.25) is 0 Å². The number of amides is 3. The van der Waals surface area contributed by atoms with E-state index in [1.165, 1.54) is 11.9 Å². The van der Waals surface area contributed by atoms with Crippen molar-refractivity contribution in [2.24, 2.45) is 0 Å². The van der Waals surface area contributed by atoms with Crippen molar-refractivity contribution in [3.05, 3.63) is 18.2 Å². The van der Waals surface area contributed by atoms with Crippen LogP contribution in [0.3, 0.4) is 0 Å². The number of nitrogens with one attached hydrogen (secondary N) is 2. The van der Waals surface area contributed by atoms with Crippen LogP contribution in [0.15, 0.2) is 18.2 Å². The second-order valence-electron chi connectivity index (χ2n) is 3.63. The van der Waals surface area contributed by atoms with Crippen LogP contribution in [0.5, 0.6) is 5.75 Å². The molecule has 0 aliphatic carbocycles. The lowest BCUT2D eigenvalue weighted by molar-refractivity contribution is -0.120. The van der Waals surface area contributed by atoms with Crippen LogP contribution < -0.4 is 20.3 Å². The molecule has 0 unspecified atom stereocenters. The van der Waals surface area contributed by atoms with Gasteiger partial charge in [-0.05, 0) is 18.2 Å². The molecular formula is C11H13N3O3. The van der Waals surface area contributed by atoms with E-state index in [0.29, 0.717) is 17.1 Å². The van der Waals surface area contributed by atoms with Crippen LogP contribution in [-0.4, -0.2) is 32.6 Å². The summed E-state index contributed by atoms with van der Waals surface area (Å²) in [4.78, 5) is 24.1. The van der Waals surface area contributed by atoms with E-state index in [1.807, 2.05) is 0 Å². The van der Waals surface area contributed by atoms with E-state index in [2.05, 4.69) is 10.6 Å². The second kappa shape index (κ2) is 4.32. The quantitative estimate of drug-likeness (QED) is 0.756. The Labute approximate surface area is 98.5 Å². The van der Waals surface area contributed by atoms with Gasteiger partial charge < -0.3 is 20.3 Å². The van der Waals surface area contributed by atoms with Crippen molar-refractivity contribution >= 4 is 23.3 Å². The fourth-order valence-corrected chi connectivity index (χ4v) is 1.54. The summed E-state index contributed by atoms with van der Waals surface area (Å²) in [5, 5.41) is 5.09. The minimum absolute atomic E-state index is 0.0473. The Morgan fingerprint density at radius 3 is 2.94 bits per heavy atom. The number of ether oxygens (including phenoxy) is 1. The molecule has 1 aliphatic heterocycles. The highest BCUT2D eigenvalue weighted by Crippen LogP contribution is 2.33. The molecule has 0 bridgehead atoms. The number of fused-ring (bicyclic) bond motifs is 1. The molecule has 3 amide bonds. The first-order chi connectivity index (χ1) is 8.11. The summed E-state index contributed by atoms with van der Waals surface area (Å²) in [5.41, 5.74) is 1.25. The van der Waals surface area contributed by atoms with Gasteiger partial charge in [0.15, 0.2) is 6.61 Å². The maximum atomic E-state index is 11.4. The number of anilines is 2. The molecule has 1 heterocycles. The average Bonchev–Trinajstić information content (AvgIpc) is 2.34. The molecule has 0 atom stereocenters. The van der Waals surface area contributed by atoms with E-state index in [4.69, 9.17) is 4.74 Å². The number of carbonyl (C=O) groups excluding carboxylic acids is 2. The molecule has 0 spiro atoms. The van der Waals surface area contributed by atoms with E-state index in [0.717, 1.165) is 0 Å². The van der Waals surface area contributed by atoms with Crippen LogP contribution in [0.2, 0.25) is 0 Å². The molecule has 0 radical (unpaired) electrons. The van der Waals surface area contributed by atoms with Gasteiger partial charge in [0.25, 0.3) is 5.91 Å². The second-order valence-corrected chi connectivity index (χ2v) is 3.63. The van der Waals surface area contributed by atoms with Crippen LogP contribution in [0.25, 0.3) is 0 Å². The third-order valence-electron chi connectivity index (χ3n) is 2.53. The fraction of sp³-hybridized carbons (Fsp3) is 0.273. The molecule has 2 rings (SSSR count). The normalized spacial score (nSPS) is 13.8. The topological polar surface area (TPSA) is 70.7 Å². The summed E-state index contributed by atoms with van der Waals surface area (Å²) in [6, 6.07) is 4.83. The first-order valence-electron chi connectivity index (χ1n) is 5.14. The maximum Gasteiger partial charge on any atom is 0.318 e. The van der Waals surface area contributed by atoms with Gasteiger partial charge in [-0.15, -0.1) is 0 Å². The van der Waals surface area contributed by atoms with Crippen molar-refractivity contribution in [1.29, 1.82) is 0 Å². The Hall–Kier alpha value is -2.24. The lowest BCUT2D eigenvalue weighted by Crippen LogP contribution is -2.35. The van der Waals surface area contributed by atoms with Crippen molar-refractivity contribution in [3.63, 3.8) is 0 Å². The number of hydrogen-bond donors (Lipinski definition) is 2. The number of likely N-dealkylation sites (N-methyl/N-ethyl adjacent to an activating group) is 1. The predicted molar refractivity (Wildman–Crippen MR) is 63.4 cm³/mol. The highest BCUT2D eigenvalue weighted by atomic mass is 16.5. The van der Waals surface area contributed by atoms with Gasteiger partial charge in [-0.25, -0.2) is 4.79 Å². The van der Waals surface area contributed by atoms with Crippen LogP contribution in [-0.2, 0) is 4.79 Å². The van der Waals surface area contributed by atoms with Gasteiger partial charge in [-0.1, -0.05) is 0 Å². The number of benzene rings is 1. The third-order valence-corrected chi connectivity index (χ3v) is 2.53. The van der Waals surface area contributed by atoms with E-state index in [-0.39, 0.29) is 18.5 Å². The number of hydrogen-bond acceptors (Lipinski definition) is 3. The molecule has 0 saturated heterocycles. The van der Waals surface area contributed by atoms with Crippen molar-refractivity contribution in [2.75, 3.05) is 30.9 Å². The standard InChI is InChI=1S/C11H13N3O3/c1-12-11(16)13-7-3-4-9-8(5-7)14(2)10(15)6-17-9/h3-5H,6H2,1-2H3,(H2,12,13,16). The van der Waals surface area contributed by atoms with Crippen LogP contribution in [0.1, 0.15) is 0 Å². The van der Waals surface area contributed by atoms with Gasteiger partial charge in [-0.3, -0.25) is 4.79 Å². The molecule has 0 aromatic heterocycles. The zero-order chi connectivity index (χ0) is 12.4. The smallest absolute Gasteiger partial charge is 0.318 e. The largest absolute Gasteiger partial charge is 0.482 e. The van der Waals surface area contributed by atoms with E-state index >= 15 is 0 Å². The Balaban J connectivity index is 2.29. The summed E-state index contributed by atoms with van der Waals surface area (Å²) >= 11 is 0. The minimum atomic E-state index is -0.310. The molecule has 1 aromatic carbocycles. The monoisotopic (exact) mass is 235 g/mol. The molecule has 1 aliphatic rings. The van der Waals surface area contributed by atoms with Crippen molar-refractivity contribution in [3.8, 4) is 5.75 Å². The van der Waals surface area contributed by atoms with Gasteiger partial charge in [0.1, 0.15) is 5.75 Å². The fourth-order valence-electron chi connectivity index (χ4n) is 1.54. The van der Waals surface area contributed by atoms with Crippen molar-refractivity contribution in [1.82, 2.24) is 5.32 Å². The molecule has 17 heavy (non-hydrogen) atoms. The van der Waals surface area contributed by atoms with Crippen LogP contribution in [0.4, 0.5) is 16.2 Å². The maximum absolute atomic E-state index is 11.4. The number of rotatable bonds is 1. The van der Waals surface area contributed by atoms with Crippen LogP contribution in [0, 0.1) is 0 Å². The molecule has 6 nitrogen and oxygen atoms in total. The summed E-state index contributed by atoms with van der Waals surface area (Å²) in [5.74, 6) is 0.518. The Kier molecular flexibility index (Phi) is 2.86. The van der Waals surface area contributed by atoms with Gasteiger partial charge in [0, 0.05) is 19.8 Å². The first-order valence-corrected chi connectivity index (χ1v) is 5.14. The van der Waals surface area contributed by atoms with E-state index < -0.39 is 0 Å². The highest BCUT2D eigenvalue weighted by molar-refractivity contribution is 5.98. The van der Waals surface area contributed by atoms with Gasteiger partial charge in [-0.2, -0.15) is 0 Å². The Morgan fingerprint density at radius 2 is 2.24 bits per heavy atom. The highest BCUT2D eigenvalue weighted by Gasteiger charge is 2.22. The van der Waals surface area contributed by atoms with E-state index in [1.54, 1.807) is 25.2 Å². The zero-order valence-electron chi connectivity index (χ0n) is 9.61. The van der Waals surface area contributed by atoms with Gasteiger partial charge >= 0.3 is 6.03 Å². The first kappa shape index (κ1) is 11.3. The van der Waals surface area contributed by atoms with Gasteiger partial charge in [0.05, 0.1) is 5.69 Å². The zero-order valence-corrected chi connectivity index (χ0v) is 9.61. The van der Waals surface area contributed by atoms with Crippen molar-refractivity contribution in [2.45, 2.75) is 0 Å². The lowest BCUT2D eigenvalue weighted by Gasteiger charge is -2.26. The Morgan fingerprint density at radius 1 is 1.47 bits per heavy atom. The molecule has 1 aromatic rings. The van der Waals surface area contributed by atoms with Crippen LogP contribution >= 0.6 is 0 Å². The minimum Gasteiger partial charge on any atom is -0.482 e. The Bertz CT molecular complexity index is 473. The average molecular weight is 235 g/mol. The summed E-state index contributed by atoms with van der Waals surface area (Å²) in [7, 11) is 3.21. The number of carbonyl (C=O) groups is 2. The SMILES string of the molecule is CNC(=O)Nc1ccc2c(c1)N(C)C(=O)CO2. The summed E-state index contributed by atoms with van der Waals surface area (Å²) in [6.07, 6.45) is 0. The summed E-state index contributed by atoms with van der Waals surface area (Å²) in [6.45, 7) is 0.0473. The molecular weight excluding hydrogens is 222 g/mol. The molecule has 0 fully saturated rings. The lowest BCUT2D eigenvalue weighted by atomic mass is 10.2. The summed E-state index contributed by atoms with van der Waals surface area (Å²) < 4.78 is 5.27. The number of urea groups is 1. The predicted octanol–water partition coefficient (Wildman–Crippen LogP) is 0.793. The number of nitrogens with zero attached hydrogens (tertiary/aromatic N) is 1. The molecule has 2 N–H and O–H groups in total. The van der Waals surface area contributed by atoms with Crippen molar-refractivity contribution < 1.29 is 14.3 Å². The molecule has 90 valence electrons. The molecule has 0 saturated carbocycles. The third kappa shape index (κ3) is 2.15. The van der Waals surface area contributed by atoms with E-state index in [9.17, 15) is 9.59 Å².